The molecule has 1 saturated heterocycles. The van der Waals surface area contributed by atoms with Gasteiger partial charge in [-0.3, -0.25) is 4.79 Å². The number of likely N-dealkylation sites (tertiary alicyclic amines) is 1. The standard InChI is InChI=1S/C10H20N2O3/c1-14-7-9(15-2)6-12-5-8(4-11)3-10(12)13/h8-9H,3-7,11H2,1-2H3. The van der Waals surface area contributed by atoms with Crippen LogP contribution in [0.15, 0.2) is 0 Å². The van der Waals surface area contributed by atoms with E-state index in [0.29, 0.717) is 32.0 Å². The number of carbonyl (C=O) groups excluding carboxylic acids is 1. The predicted molar refractivity (Wildman–Crippen MR) is 56.4 cm³/mol. The number of hydrogen-bond acceptors (Lipinski definition) is 4. The molecule has 1 fully saturated rings. The summed E-state index contributed by atoms with van der Waals surface area (Å²) in [5.74, 6) is 0.473. The average molecular weight is 216 g/mol. The molecule has 1 heterocycles. The monoisotopic (exact) mass is 216 g/mol. The SMILES string of the molecule is COCC(CN1CC(CN)CC1=O)OC. The van der Waals surface area contributed by atoms with Gasteiger partial charge in [0.25, 0.3) is 0 Å². The Morgan fingerprint density at radius 1 is 1.60 bits per heavy atom. The summed E-state index contributed by atoms with van der Waals surface area (Å²) in [6.45, 7) is 2.43. The van der Waals surface area contributed by atoms with Crippen LogP contribution in [0.2, 0.25) is 0 Å². The topological polar surface area (TPSA) is 64.8 Å². The Morgan fingerprint density at radius 3 is 2.80 bits per heavy atom. The zero-order chi connectivity index (χ0) is 11.3. The Morgan fingerprint density at radius 2 is 2.33 bits per heavy atom. The number of hydrogen-bond donors (Lipinski definition) is 1. The van der Waals surface area contributed by atoms with Gasteiger partial charge in [0, 0.05) is 33.7 Å². The number of amides is 1. The molecule has 1 amide bonds. The van der Waals surface area contributed by atoms with E-state index in [2.05, 4.69) is 0 Å². The largest absolute Gasteiger partial charge is 0.382 e. The molecule has 1 aliphatic rings. The van der Waals surface area contributed by atoms with Crippen molar-refractivity contribution in [1.82, 2.24) is 4.90 Å². The summed E-state index contributed by atoms with van der Waals surface area (Å²) in [6.07, 6.45) is 0.524. The molecule has 5 nitrogen and oxygen atoms in total. The van der Waals surface area contributed by atoms with Crippen molar-refractivity contribution in [3.8, 4) is 0 Å². The first-order valence-electron chi connectivity index (χ1n) is 5.20. The number of ether oxygens (including phenoxy) is 2. The van der Waals surface area contributed by atoms with E-state index >= 15 is 0 Å². The highest BCUT2D eigenvalue weighted by molar-refractivity contribution is 5.78. The van der Waals surface area contributed by atoms with Gasteiger partial charge in [0.1, 0.15) is 0 Å². The Balaban J connectivity index is 2.40. The van der Waals surface area contributed by atoms with Crippen molar-refractivity contribution in [2.45, 2.75) is 12.5 Å². The van der Waals surface area contributed by atoms with E-state index in [-0.39, 0.29) is 12.0 Å². The molecule has 88 valence electrons. The van der Waals surface area contributed by atoms with Gasteiger partial charge in [0.15, 0.2) is 0 Å². The smallest absolute Gasteiger partial charge is 0.223 e. The first-order chi connectivity index (χ1) is 7.21. The van der Waals surface area contributed by atoms with E-state index in [1.54, 1.807) is 14.2 Å². The van der Waals surface area contributed by atoms with E-state index in [1.165, 1.54) is 0 Å². The number of nitrogens with zero attached hydrogens (tertiary/aromatic N) is 1. The van der Waals surface area contributed by atoms with Crippen LogP contribution in [-0.2, 0) is 14.3 Å². The van der Waals surface area contributed by atoms with Gasteiger partial charge >= 0.3 is 0 Å². The van der Waals surface area contributed by atoms with Gasteiger partial charge in [-0.25, -0.2) is 0 Å². The molecule has 2 N–H and O–H groups in total. The number of carbonyl (C=O) groups is 1. The lowest BCUT2D eigenvalue weighted by Crippen LogP contribution is -2.37. The molecule has 0 aromatic rings. The van der Waals surface area contributed by atoms with E-state index in [0.717, 1.165) is 6.54 Å². The molecule has 0 radical (unpaired) electrons. The second-order valence-corrected chi connectivity index (χ2v) is 3.92. The number of methoxy groups -OCH3 is 2. The molecule has 2 atom stereocenters. The van der Waals surface area contributed by atoms with Gasteiger partial charge in [-0.1, -0.05) is 0 Å². The van der Waals surface area contributed by atoms with Crippen LogP contribution in [0, 0.1) is 5.92 Å². The minimum atomic E-state index is -0.0459. The summed E-state index contributed by atoms with van der Waals surface area (Å²) in [4.78, 5) is 13.4. The molecule has 5 heteroatoms. The van der Waals surface area contributed by atoms with Crippen molar-refractivity contribution in [3.05, 3.63) is 0 Å². The van der Waals surface area contributed by atoms with Gasteiger partial charge in [0.05, 0.1) is 12.7 Å². The number of rotatable bonds is 6. The summed E-state index contributed by atoms with van der Waals surface area (Å²) in [7, 11) is 3.26. The molecule has 0 saturated carbocycles. The van der Waals surface area contributed by atoms with Crippen molar-refractivity contribution >= 4 is 5.91 Å². The average Bonchev–Trinajstić information content (AvgIpc) is 2.59. The summed E-state index contributed by atoms with van der Waals surface area (Å²) in [5.41, 5.74) is 5.55. The fourth-order valence-corrected chi connectivity index (χ4v) is 1.82. The van der Waals surface area contributed by atoms with Crippen LogP contribution in [0.3, 0.4) is 0 Å². The lowest BCUT2D eigenvalue weighted by Gasteiger charge is -2.22. The third-order valence-corrected chi connectivity index (χ3v) is 2.74. The third-order valence-electron chi connectivity index (χ3n) is 2.74. The fourth-order valence-electron chi connectivity index (χ4n) is 1.82. The van der Waals surface area contributed by atoms with Crippen LogP contribution in [0.5, 0.6) is 0 Å². The Labute approximate surface area is 90.5 Å². The maximum atomic E-state index is 11.6. The molecule has 0 aliphatic carbocycles. The number of nitrogens with two attached hydrogens (primary N) is 1. The Bertz CT molecular complexity index is 211. The van der Waals surface area contributed by atoms with Gasteiger partial charge in [-0.2, -0.15) is 0 Å². The van der Waals surface area contributed by atoms with Crippen LogP contribution < -0.4 is 5.73 Å². The molecule has 2 unspecified atom stereocenters. The van der Waals surface area contributed by atoms with Crippen molar-refractivity contribution in [1.29, 1.82) is 0 Å². The predicted octanol–water partition coefficient (Wildman–Crippen LogP) is -0.545. The van der Waals surface area contributed by atoms with Gasteiger partial charge in [-0.05, 0) is 12.5 Å². The lowest BCUT2D eigenvalue weighted by molar-refractivity contribution is -0.129. The van der Waals surface area contributed by atoms with Crippen molar-refractivity contribution in [2.24, 2.45) is 11.7 Å². The highest BCUT2D eigenvalue weighted by Gasteiger charge is 2.30. The normalized spacial score (nSPS) is 23.5. The summed E-state index contributed by atoms with van der Waals surface area (Å²) >= 11 is 0. The van der Waals surface area contributed by atoms with Crippen LogP contribution in [0.25, 0.3) is 0 Å². The van der Waals surface area contributed by atoms with E-state index in [9.17, 15) is 4.79 Å². The maximum Gasteiger partial charge on any atom is 0.223 e. The van der Waals surface area contributed by atoms with Gasteiger partial charge in [0.2, 0.25) is 5.91 Å². The maximum absolute atomic E-state index is 11.6. The summed E-state index contributed by atoms with van der Waals surface area (Å²) in [5, 5.41) is 0. The molecular weight excluding hydrogens is 196 g/mol. The zero-order valence-corrected chi connectivity index (χ0v) is 9.44. The molecule has 0 aromatic carbocycles. The van der Waals surface area contributed by atoms with Gasteiger partial charge < -0.3 is 20.1 Å². The zero-order valence-electron chi connectivity index (χ0n) is 9.44. The quantitative estimate of drug-likeness (QED) is 0.647. The minimum Gasteiger partial charge on any atom is -0.382 e. The summed E-state index contributed by atoms with van der Waals surface area (Å²) in [6, 6.07) is 0. The lowest BCUT2D eigenvalue weighted by atomic mass is 10.1. The van der Waals surface area contributed by atoms with Crippen LogP contribution in [0.4, 0.5) is 0 Å². The first kappa shape index (κ1) is 12.4. The minimum absolute atomic E-state index is 0.0459. The highest BCUT2D eigenvalue weighted by Crippen LogP contribution is 2.17. The van der Waals surface area contributed by atoms with E-state index in [1.807, 2.05) is 4.90 Å². The Kier molecular flexibility index (Phi) is 5.01. The van der Waals surface area contributed by atoms with Gasteiger partial charge in [-0.15, -0.1) is 0 Å². The second-order valence-electron chi connectivity index (χ2n) is 3.92. The molecular formula is C10H20N2O3. The van der Waals surface area contributed by atoms with E-state index in [4.69, 9.17) is 15.2 Å². The van der Waals surface area contributed by atoms with E-state index < -0.39 is 0 Å². The van der Waals surface area contributed by atoms with Crippen molar-refractivity contribution < 1.29 is 14.3 Å². The molecule has 15 heavy (non-hydrogen) atoms. The van der Waals surface area contributed by atoms with Crippen LogP contribution in [-0.4, -0.2) is 57.4 Å². The Hall–Kier alpha value is -0.650. The van der Waals surface area contributed by atoms with Crippen molar-refractivity contribution in [2.75, 3.05) is 40.5 Å². The molecule has 1 rings (SSSR count). The first-order valence-corrected chi connectivity index (χ1v) is 5.20. The third kappa shape index (κ3) is 3.44. The molecule has 1 aliphatic heterocycles. The fraction of sp³-hybridized carbons (Fsp3) is 0.900. The summed E-state index contributed by atoms with van der Waals surface area (Å²) < 4.78 is 10.2. The molecule has 0 aromatic heterocycles. The molecule has 0 spiro atoms. The van der Waals surface area contributed by atoms with Crippen LogP contribution in [0.1, 0.15) is 6.42 Å². The van der Waals surface area contributed by atoms with Crippen molar-refractivity contribution in [3.63, 3.8) is 0 Å². The van der Waals surface area contributed by atoms with Crippen LogP contribution >= 0.6 is 0 Å². The second kappa shape index (κ2) is 6.05. The highest BCUT2D eigenvalue weighted by atomic mass is 16.5. The molecule has 0 bridgehead atoms.